The minimum Gasteiger partial charge on any atom is -0.497 e. The average molecular weight is 356 g/mol. The van der Waals surface area contributed by atoms with E-state index < -0.39 is 0 Å². The van der Waals surface area contributed by atoms with Crippen molar-refractivity contribution in [2.75, 3.05) is 12.4 Å². The highest BCUT2D eigenvalue weighted by Gasteiger charge is 2.13. The van der Waals surface area contributed by atoms with E-state index in [4.69, 9.17) is 4.74 Å². The van der Waals surface area contributed by atoms with E-state index in [1.54, 1.807) is 11.8 Å². The third-order valence-electron chi connectivity index (χ3n) is 3.73. The number of ether oxygens (including phenoxy) is 1. The van der Waals surface area contributed by atoms with Gasteiger partial charge in [0.2, 0.25) is 5.91 Å². The summed E-state index contributed by atoms with van der Waals surface area (Å²) in [4.78, 5) is 16.4. The first-order chi connectivity index (χ1) is 12.1. The molecule has 25 heavy (non-hydrogen) atoms. The van der Waals surface area contributed by atoms with Gasteiger partial charge in [-0.15, -0.1) is 11.3 Å². The number of anilines is 1. The van der Waals surface area contributed by atoms with Crippen molar-refractivity contribution in [3.05, 3.63) is 35.7 Å². The van der Waals surface area contributed by atoms with E-state index in [9.17, 15) is 4.79 Å². The third-order valence-corrected chi connectivity index (χ3v) is 4.60. The van der Waals surface area contributed by atoms with Gasteiger partial charge in [-0.1, -0.05) is 6.92 Å². The lowest BCUT2D eigenvalue weighted by Gasteiger charge is -2.02. The molecule has 0 spiro atoms. The molecule has 0 radical (unpaired) electrons. The van der Waals surface area contributed by atoms with Crippen molar-refractivity contribution >= 4 is 23.1 Å². The maximum absolute atomic E-state index is 11.8. The maximum Gasteiger partial charge on any atom is 0.225 e. The van der Waals surface area contributed by atoms with E-state index in [-0.39, 0.29) is 5.91 Å². The van der Waals surface area contributed by atoms with Crippen molar-refractivity contribution in [3.63, 3.8) is 0 Å². The Bertz CT molecular complexity index is 868. The van der Waals surface area contributed by atoms with Gasteiger partial charge in [0.15, 0.2) is 0 Å². The second kappa shape index (κ2) is 7.48. The quantitative estimate of drug-likeness (QED) is 0.726. The van der Waals surface area contributed by atoms with Crippen molar-refractivity contribution in [1.82, 2.24) is 14.8 Å². The molecule has 0 saturated heterocycles. The molecule has 1 aromatic carbocycles. The number of nitrogens with one attached hydrogen (secondary N) is 1. The summed E-state index contributed by atoms with van der Waals surface area (Å²) in [5.41, 5.74) is 2.67. The summed E-state index contributed by atoms with van der Waals surface area (Å²) in [6.45, 7) is 1.98. The SMILES string of the molecule is CCCC(=O)Nc1cc(-c2nc(-c3ccc(OC)cc3)cs2)nn1C. The predicted molar refractivity (Wildman–Crippen MR) is 99.8 cm³/mol. The molecule has 3 rings (SSSR count). The van der Waals surface area contributed by atoms with Gasteiger partial charge >= 0.3 is 0 Å². The minimum absolute atomic E-state index is 0.00453. The van der Waals surface area contributed by atoms with E-state index in [0.717, 1.165) is 34.1 Å². The molecule has 0 fully saturated rings. The number of benzene rings is 1. The van der Waals surface area contributed by atoms with E-state index in [1.165, 1.54) is 11.3 Å². The molecule has 0 atom stereocenters. The van der Waals surface area contributed by atoms with Gasteiger partial charge < -0.3 is 10.1 Å². The van der Waals surface area contributed by atoms with Crippen LogP contribution in [0.4, 0.5) is 5.82 Å². The van der Waals surface area contributed by atoms with Crippen LogP contribution in [0, 0.1) is 0 Å². The molecule has 0 bridgehead atoms. The van der Waals surface area contributed by atoms with Gasteiger partial charge in [-0.3, -0.25) is 9.48 Å². The van der Waals surface area contributed by atoms with Crippen LogP contribution in [0.1, 0.15) is 19.8 Å². The summed E-state index contributed by atoms with van der Waals surface area (Å²) < 4.78 is 6.84. The van der Waals surface area contributed by atoms with Gasteiger partial charge in [-0.25, -0.2) is 4.98 Å². The van der Waals surface area contributed by atoms with Crippen LogP contribution in [-0.2, 0) is 11.8 Å². The van der Waals surface area contributed by atoms with Gasteiger partial charge in [0.05, 0.1) is 12.8 Å². The van der Waals surface area contributed by atoms with Gasteiger partial charge in [-0.2, -0.15) is 5.10 Å². The highest BCUT2D eigenvalue weighted by atomic mass is 32.1. The van der Waals surface area contributed by atoms with Gasteiger partial charge in [-0.05, 0) is 30.7 Å². The fourth-order valence-corrected chi connectivity index (χ4v) is 3.19. The van der Waals surface area contributed by atoms with Crippen LogP contribution in [-0.4, -0.2) is 27.8 Å². The van der Waals surface area contributed by atoms with Gasteiger partial charge in [0.25, 0.3) is 0 Å². The van der Waals surface area contributed by atoms with Crippen molar-refractivity contribution in [3.8, 4) is 27.7 Å². The normalized spacial score (nSPS) is 10.7. The Morgan fingerprint density at radius 2 is 2.04 bits per heavy atom. The van der Waals surface area contributed by atoms with Crippen molar-refractivity contribution in [2.24, 2.45) is 7.05 Å². The Morgan fingerprint density at radius 3 is 2.72 bits per heavy atom. The van der Waals surface area contributed by atoms with Crippen LogP contribution in [0.5, 0.6) is 5.75 Å². The molecule has 2 aromatic heterocycles. The standard InChI is InChI=1S/C18H20N4O2S/c1-4-5-17(23)20-16-10-14(21-22(16)2)18-19-15(11-25-18)12-6-8-13(24-3)9-7-12/h6-11H,4-5H2,1-3H3,(H,20,23). The fraction of sp³-hybridized carbons (Fsp3) is 0.278. The molecule has 0 aliphatic rings. The smallest absolute Gasteiger partial charge is 0.225 e. The monoisotopic (exact) mass is 356 g/mol. The van der Waals surface area contributed by atoms with Gasteiger partial charge in [0, 0.05) is 30.5 Å². The summed E-state index contributed by atoms with van der Waals surface area (Å²) in [6, 6.07) is 9.64. The molecule has 6 nitrogen and oxygen atoms in total. The molecular weight excluding hydrogens is 336 g/mol. The number of methoxy groups -OCH3 is 1. The van der Waals surface area contributed by atoms with Crippen molar-refractivity contribution in [2.45, 2.75) is 19.8 Å². The van der Waals surface area contributed by atoms with E-state index in [0.29, 0.717) is 12.2 Å². The summed E-state index contributed by atoms with van der Waals surface area (Å²) in [6.07, 6.45) is 1.31. The Labute approximate surface area is 150 Å². The molecule has 0 saturated carbocycles. The molecule has 1 N–H and O–H groups in total. The number of rotatable bonds is 6. The number of nitrogens with zero attached hydrogens (tertiary/aromatic N) is 3. The number of aryl methyl sites for hydroxylation is 1. The highest BCUT2D eigenvalue weighted by molar-refractivity contribution is 7.13. The number of carbonyl (C=O) groups is 1. The molecule has 1 amide bonds. The molecule has 130 valence electrons. The van der Waals surface area contributed by atoms with Crippen molar-refractivity contribution < 1.29 is 9.53 Å². The van der Waals surface area contributed by atoms with Gasteiger partial charge in [0.1, 0.15) is 22.3 Å². The van der Waals surface area contributed by atoms with Crippen LogP contribution < -0.4 is 10.1 Å². The zero-order valence-corrected chi connectivity index (χ0v) is 15.3. The maximum atomic E-state index is 11.8. The molecular formula is C18H20N4O2S. The summed E-state index contributed by atoms with van der Waals surface area (Å²) in [5, 5.41) is 10.2. The molecule has 2 heterocycles. The summed E-state index contributed by atoms with van der Waals surface area (Å²) in [5.74, 6) is 1.49. The Hall–Kier alpha value is -2.67. The minimum atomic E-state index is -0.00453. The molecule has 0 unspecified atom stereocenters. The first-order valence-corrected chi connectivity index (χ1v) is 8.93. The number of thiazole rings is 1. The average Bonchev–Trinajstić information content (AvgIpc) is 3.23. The second-order valence-electron chi connectivity index (χ2n) is 5.60. The lowest BCUT2D eigenvalue weighted by atomic mass is 10.2. The van der Waals surface area contributed by atoms with E-state index in [1.807, 2.05) is 49.7 Å². The predicted octanol–water partition coefficient (Wildman–Crippen LogP) is 3.96. The third kappa shape index (κ3) is 3.88. The molecule has 0 aliphatic carbocycles. The fourth-order valence-electron chi connectivity index (χ4n) is 2.41. The number of carbonyl (C=O) groups excluding carboxylic acids is 1. The van der Waals surface area contributed by atoms with Crippen LogP contribution in [0.2, 0.25) is 0 Å². The molecule has 3 aromatic rings. The number of hydrogen-bond donors (Lipinski definition) is 1. The van der Waals surface area contributed by atoms with E-state index in [2.05, 4.69) is 15.4 Å². The van der Waals surface area contributed by atoms with Crippen LogP contribution >= 0.6 is 11.3 Å². The lowest BCUT2D eigenvalue weighted by Crippen LogP contribution is -2.13. The van der Waals surface area contributed by atoms with Crippen LogP contribution in [0.25, 0.3) is 22.0 Å². The largest absolute Gasteiger partial charge is 0.497 e. The van der Waals surface area contributed by atoms with Crippen molar-refractivity contribution in [1.29, 1.82) is 0 Å². The Morgan fingerprint density at radius 1 is 1.28 bits per heavy atom. The molecule has 7 heteroatoms. The Kier molecular flexibility index (Phi) is 5.14. The number of aromatic nitrogens is 3. The summed E-state index contributed by atoms with van der Waals surface area (Å²) in [7, 11) is 3.46. The van der Waals surface area contributed by atoms with Crippen LogP contribution in [0.15, 0.2) is 35.7 Å². The second-order valence-corrected chi connectivity index (χ2v) is 6.46. The summed E-state index contributed by atoms with van der Waals surface area (Å²) >= 11 is 1.53. The molecule has 0 aliphatic heterocycles. The number of hydrogen-bond acceptors (Lipinski definition) is 5. The van der Waals surface area contributed by atoms with E-state index >= 15 is 0 Å². The Balaban J connectivity index is 1.81. The first kappa shape index (κ1) is 17.2. The first-order valence-electron chi connectivity index (χ1n) is 8.05. The topological polar surface area (TPSA) is 69.0 Å². The lowest BCUT2D eigenvalue weighted by molar-refractivity contribution is -0.116. The zero-order chi connectivity index (χ0) is 17.8. The number of amides is 1. The van der Waals surface area contributed by atoms with Crippen LogP contribution in [0.3, 0.4) is 0 Å². The highest BCUT2D eigenvalue weighted by Crippen LogP contribution is 2.30. The zero-order valence-electron chi connectivity index (χ0n) is 14.4.